The zero-order chi connectivity index (χ0) is 10.0. The van der Waals surface area contributed by atoms with Gasteiger partial charge in [-0.25, -0.2) is 4.39 Å². The van der Waals surface area contributed by atoms with E-state index in [0.29, 0.717) is 10.6 Å². The highest BCUT2D eigenvalue weighted by Gasteiger charge is 2.11. The summed E-state index contributed by atoms with van der Waals surface area (Å²) in [5.74, 6) is 4.70. The van der Waals surface area contributed by atoms with Gasteiger partial charge in [-0.2, -0.15) is 0 Å². The first-order valence-corrected chi connectivity index (χ1v) is 4.42. The second-order valence-electron chi connectivity index (χ2n) is 2.68. The molecule has 0 saturated carbocycles. The van der Waals surface area contributed by atoms with E-state index in [9.17, 15) is 4.39 Å². The van der Waals surface area contributed by atoms with E-state index in [-0.39, 0.29) is 11.1 Å². The van der Waals surface area contributed by atoms with Crippen LogP contribution < -0.4 is 11.3 Å². The van der Waals surface area contributed by atoms with Crippen molar-refractivity contribution in [2.24, 2.45) is 5.84 Å². The van der Waals surface area contributed by atoms with Crippen LogP contribution in [0.2, 0.25) is 10.0 Å². The molecular formula is C8H9Cl2FN2. The van der Waals surface area contributed by atoms with E-state index in [4.69, 9.17) is 29.0 Å². The Kier molecular flexibility index (Phi) is 3.50. The van der Waals surface area contributed by atoms with Gasteiger partial charge in [0.1, 0.15) is 5.82 Å². The Morgan fingerprint density at radius 3 is 2.54 bits per heavy atom. The average Bonchev–Trinajstić information content (AvgIpc) is 2.10. The molecule has 2 nitrogen and oxygen atoms in total. The molecular weight excluding hydrogens is 214 g/mol. The maximum Gasteiger partial charge on any atom is 0.142 e. The lowest BCUT2D eigenvalue weighted by Gasteiger charge is -2.12. The van der Waals surface area contributed by atoms with Gasteiger partial charge in [-0.15, -0.1) is 0 Å². The molecule has 0 aliphatic carbocycles. The third kappa shape index (κ3) is 2.31. The molecule has 5 heteroatoms. The van der Waals surface area contributed by atoms with Crippen LogP contribution in [0.4, 0.5) is 4.39 Å². The van der Waals surface area contributed by atoms with E-state index in [0.717, 1.165) is 0 Å². The van der Waals surface area contributed by atoms with Gasteiger partial charge in [0.05, 0.1) is 5.02 Å². The highest BCUT2D eigenvalue weighted by atomic mass is 35.5. The largest absolute Gasteiger partial charge is 0.271 e. The lowest BCUT2D eigenvalue weighted by atomic mass is 10.1. The quantitative estimate of drug-likeness (QED) is 0.459. The van der Waals surface area contributed by atoms with Gasteiger partial charge in [0.2, 0.25) is 0 Å². The summed E-state index contributed by atoms with van der Waals surface area (Å²) in [5.41, 5.74) is 3.06. The molecule has 1 rings (SSSR count). The van der Waals surface area contributed by atoms with Crippen LogP contribution in [-0.4, -0.2) is 0 Å². The summed E-state index contributed by atoms with van der Waals surface area (Å²) >= 11 is 11.4. The molecule has 0 aliphatic rings. The first-order valence-electron chi connectivity index (χ1n) is 3.67. The summed E-state index contributed by atoms with van der Waals surface area (Å²) < 4.78 is 13.0. The van der Waals surface area contributed by atoms with Crippen LogP contribution >= 0.6 is 23.2 Å². The fourth-order valence-electron chi connectivity index (χ4n) is 0.960. The van der Waals surface area contributed by atoms with Crippen LogP contribution in [0.5, 0.6) is 0 Å². The molecule has 13 heavy (non-hydrogen) atoms. The van der Waals surface area contributed by atoms with E-state index in [1.54, 1.807) is 6.92 Å². The summed E-state index contributed by atoms with van der Waals surface area (Å²) in [6.07, 6.45) is 0. The predicted octanol–water partition coefficient (Wildman–Crippen LogP) is 2.66. The van der Waals surface area contributed by atoms with Crippen LogP contribution in [0.1, 0.15) is 18.5 Å². The number of nitrogens with one attached hydrogen (secondary N) is 1. The Hall–Kier alpha value is -0.350. The molecule has 1 atom stereocenters. The number of hydrazine groups is 1. The highest BCUT2D eigenvalue weighted by molar-refractivity contribution is 6.35. The van der Waals surface area contributed by atoms with Crippen molar-refractivity contribution in [3.05, 3.63) is 33.6 Å². The number of hydrogen-bond acceptors (Lipinski definition) is 2. The number of nitrogens with two attached hydrogens (primary N) is 1. The molecule has 0 fully saturated rings. The number of benzene rings is 1. The molecule has 0 spiro atoms. The third-order valence-electron chi connectivity index (χ3n) is 1.76. The Bertz CT molecular complexity index is 317. The van der Waals surface area contributed by atoms with Crippen molar-refractivity contribution in [1.29, 1.82) is 0 Å². The molecule has 0 amide bonds. The molecule has 0 heterocycles. The number of hydrogen-bond donors (Lipinski definition) is 2. The second-order valence-corrected chi connectivity index (χ2v) is 3.49. The van der Waals surface area contributed by atoms with E-state index in [1.807, 2.05) is 0 Å². The smallest absolute Gasteiger partial charge is 0.142 e. The van der Waals surface area contributed by atoms with Gasteiger partial charge in [0, 0.05) is 11.1 Å². The first kappa shape index (κ1) is 10.7. The Balaban J connectivity index is 3.15. The van der Waals surface area contributed by atoms with Crippen LogP contribution in [0.15, 0.2) is 12.1 Å². The minimum atomic E-state index is -0.497. The fourth-order valence-corrected chi connectivity index (χ4v) is 1.51. The minimum absolute atomic E-state index is 0.0120. The summed E-state index contributed by atoms with van der Waals surface area (Å²) in [7, 11) is 0. The molecule has 0 saturated heterocycles. The zero-order valence-corrected chi connectivity index (χ0v) is 8.46. The van der Waals surface area contributed by atoms with E-state index in [1.165, 1.54) is 12.1 Å². The van der Waals surface area contributed by atoms with Crippen LogP contribution in [-0.2, 0) is 0 Å². The first-order chi connectivity index (χ1) is 6.06. The molecule has 0 unspecified atom stereocenters. The van der Waals surface area contributed by atoms with Gasteiger partial charge in [-0.3, -0.25) is 11.3 Å². The Morgan fingerprint density at radius 2 is 2.00 bits per heavy atom. The molecule has 0 aliphatic heterocycles. The van der Waals surface area contributed by atoms with Gasteiger partial charge in [0.25, 0.3) is 0 Å². The van der Waals surface area contributed by atoms with Crippen molar-refractivity contribution >= 4 is 23.2 Å². The van der Waals surface area contributed by atoms with Gasteiger partial charge in [-0.05, 0) is 24.6 Å². The van der Waals surface area contributed by atoms with Crippen molar-refractivity contribution in [3.63, 3.8) is 0 Å². The summed E-state index contributed by atoms with van der Waals surface area (Å²) in [5, 5.41) is 0.412. The Morgan fingerprint density at radius 1 is 1.38 bits per heavy atom. The zero-order valence-electron chi connectivity index (χ0n) is 6.94. The van der Waals surface area contributed by atoms with Gasteiger partial charge < -0.3 is 0 Å². The molecule has 1 aromatic carbocycles. The topological polar surface area (TPSA) is 38.0 Å². The monoisotopic (exact) mass is 222 g/mol. The lowest BCUT2D eigenvalue weighted by molar-refractivity contribution is 0.586. The van der Waals surface area contributed by atoms with Crippen LogP contribution in [0.25, 0.3) is 0 Å². The SMILES string of the molecule is C[C@@H](NN)c1cc(F)c(Cl)cc1Cl. The summed E-state index contributed by atoms with van der Waals surface area (Å²) in [6.45, 7) is 1.77. The maximum absolute atomic E-state index is 13.0. The van der Waals surface area contributed by atoms with Crippen molar-refractivity contribution in [3.8, 4) is 0 Å². The number of halogens is 3. The van der Waals surface area contributed by atoms with Gasteiger partial charge >= 0.3 is 0 Å². The lowest BCUT2D eigenvalue weighted by Crippen LogP contribution is -2.25. The molecule has 0 aromatic heterocycles. The standard InChI is InChI=1S/C8H9Cl2FN2/c1-4(13-12)5-2-8(11)7(10)3-6(5)9/h2-4,13H,12H2,1H3/t4-/m1/s1. The molecule has 0 radical (unpaired) electrons. The number of rotatable bonds is 2. The minimum Gasteiger partial charge on any atom is -0.271 e. The van der Waals surface area contributed by atoms with E-state index >= 15 is 0 Å². The second kappa shape index (κ2) is 4.24. The van der Waals surface area contributed by atoms with Crippen LogP contribution in [0, 0.1) is 5.82 Å². The van der Waals surface area contributed by atoms with Gasteiger partial charge in [0.15, 0.2) is 0 Å². The summed E-state index contributed by atoms with van der Waals surface area (Å²) in [4.78, 5) is 0. The average molecular weight is 223 g/mol. The third-order valence-corrected chi connectivity index (χ3v) is 2.37. The normalized spacial score (nSPS) is 13.0. The van der Waals surface area contributed by atoms with E-state index in [2.05, 4.69) is 5.43 Å². The van der Waals surface area contributed by atoms with Crippen LogP contribution in [0.3, 0.4) is 0 Å². The summed E-state index contributed by atoms with van der Waals surface area (Å²) in [6, 6.07) is 2.43. The molecule has 72 valence electrons. The van der Waals surface area contributed by atoms with Crippen molar-refractivity contribution in [2.75, 3.05) is 0 Å². The molecule has 3 N–H and O–H groups in total. The van der Waals surface area contributed by atoms with Crippen molar-refractivity contribution < 1.29 is 4.39 Å². The predicted molar refractivity (Wildman–Crippen MR) is 52.2 cm³/mol. The molecule has 1 aromatic rings. The highest BCUT2D eigenvalue weighted by Crippen LogP contribution is 2.27. The maximum atomic E-state index is 13.0. The van der Waals surface area contributed by atoms with Crippen molar-refractivity contribution in [2.45, 2.75) is 13.0 Å². The fraction of sp³-hybridized carbons (Fsp3) is 0.250. The van der Waals surface area contributed by atoms with Gasteiger partial charge in [-0.1, -0.05) is 23.2 Å². The van der Waals surface area contributed by atoms with Crippen molar-refractivity contribution in [1.82, 2.24) is 5.43 Å². The van der Waals surface area contributed by atoms with E-state index < -0.39 is 5.82 Å². The Labute approximate surface area is 85.8 Å². The molecule has 0 bridgehead atoms.